The van der Waals surface area contributed by atoms with Crippen LogP contribution in [0, 0.1) is 5.92 Å². The number of anilines is 1. The summed E-state index contributed by atoms with van der Waals surface area (Å²) in [6.07, 6.45) is 9.07. The first kappa shape index (κ1) is 26.4. The van der Waals surface area contributed by atoms with E-state index in [1.54, 1.807) is 13.3 Å². The fourth-order valence-corrected chi connectivity index (χ4v) is 5.86. The highest BCUT2D eigenvalue weighted by molar-refractivity contribution is 7.90. The zero-order valence-corrected chi connectivity index (χ0v) is 22.7. The molecule has 0 radical (unpaired) electrons. The average Bonchev–Trinajstić information content (AvgIpc) is 3.31. The molecular formula is C27H35N5O5S. The van der Waals surface area contributed by atoms with E-state index in [9.17, 15) is 13.2 Å². The van der Waals surface area contributed by atoms with Crippen LogP contribution in [0.4, 0.5) is 5.95 Å². The minimum absolute atomic E-state index is 0.0899. The Labute approximate surface area is 223 Å². The van der Waals surface area contributed by atoms with Crippen molar-refractivity contribution in [2.45, 2.75) is 44.2 Å². The van der Waals surface area contributed by atoms with E-state index in [4.69, 9.17) is 14.5 Å². The minimum Gasteiger partial charge on any atom is -0.493 e. The third-order valence-electron chi connectivity index (χ3n) is 7.40. The van der Waals surface area contributed by atoms with Crippen molar-refractivity contribution in [3.63, 3.8) is 0 Å². The van der Waals surface area contributed by atoms with Crippen LogP contribution in [0.2, 0.25) is 0 Å². The molecule has 1 amide bonds. The Balaban J connectivity index is 1.20. The van der Waals surface area contributed by atoms with Gasteiger partial charge in [0.15, 0.2) is 0 Å². The molecule has 3 aromatic rings. The summed E-state index contributed by atoms with van der Waals surface area (Å²) in [5, 5.41) is 4.40. The topological polar surface area (TPSA) is 116 Å². The zero-order chi connectivity index (χ0) is 26.7. The van der Waals surface area contributed by atoms with Gasteiger partial charge in [0, 0.05) is 56.2 Å². The third kappa shape index (κ3) is 6.10. The lowest BCUT2D eigenvalue weighted by atomic mass is 9.84. The van der Waals surface area contributed by atoms with Gasteiger partial charge in [-0.15, -0.1) is 0 Å². The Morgan fingerprint density at radius 2 is 1.92 bits per heavy atom. The number of carbonyl (C=O) groups excluding carboxylic acids is 1. The third-order valence-corrected chi connectivity index (χ3v) is 8.43. The molecule has 2 aliphatic rings. The lowest BCUT2D eigenvalue weighted by molar-refractivity contribution is -0.148. The van der Waals surface area contributed by atoms with Crippen LogP contribution in [0.25, 0.3) is 16.7 Å². The number of nitrogens with zero attached hydrogens (tertiary/aromatic N) is 4. The van der Waals surface area contributed by atoms with Crippen molar-refractivity contribution in [1.82, 2.24) is 19.4 Å². The number of nitrogens with one attached hydrogen (secondary N) is 1. The number of likely N-dealkylation sites (tertiary alicyclic amines) is 1. The van der Waals surface area contributed by atoms with Gasteiger partial charge < -0.3 is 24.3 Å². The number of amides is 1. The predicted molar refractivity (Wildman–Crippen MR) is 145 cm³/mol. The van der Waals surface area contributed by atoms with Gasteiger partial charge in [-0.2, -0.15) is 4.98 Å². The van der Waals surface area contributed by atoms with E-state index in [1.807, 2.05) is 46.0 Å². The number of aromatic nitrogens is 3. The maximum absolute atomic E-state index is 12.7. The molecule has 0 bridgehead atoms. The molecule has 1 N–H and O–H groups in total. The van der Waals surface area contributed by atoms with Crippen molar-refractivity contribution in [2.75, 3.05) is 44.1 Å². The molecule has 204 valence electrons. The molecule has 1 aliphatic carbocycles. The van der Waals surface area contributed by atoms with Crippen LogP contribution in [0.5, 0.6) is 5.75 Å². The van der Waals surface area contributed by atoms with Crippen molar-refractivity contribution < 1.29 is 22.7 Å². The Kier molecular flexibility index (Phi) is 7.85. The standard InChI is InChI=1S/C27H35N5O5S/c1-36-21-17-31(18-21)26(33)19-7-9-20(10-8-19)29-27-28-13-11-25(30-27)32-14-12-22-23(32)5-3-6-24(22)37-15-4-16-38(2,34)35/h3,5-6,11-14,19-21H,4,7-10,15-18H2,1-2H3,(H,28,29,30)/t19-,20-. The average molecular weight is 542 g/mol. The van der Waals surface area contributed by atoms with Crippen LogP contribution in [-0.2, 0) is 19.4 Å². The van der Waals surface area contributed by atoms with Crippen LogP contribution < -0.4 is 10.1 Å². The smallest absolute Gasteiger partial charge is 0.225 e. The van der Waals surface area contributed by atoms with Crippen molar-refractivity contribution >= 4 is 32.6 Å². The number of benzene rings is 1. The molecule has 3 heterocycles. The summed E-state index contributed by atoms with van der Waals surface area (Å²) in [5.41, 5.74) is 0.941. The first-order chi connectivity index (χ1) is 18.3. The summed E-state index contributed by atoms with van der Waals surface area (Å²) in [6.45, 7) is 1.75. The summed E-state index contributed by atoms with van der Waals surface area (Å²) in [7, 11) is -1.31. The molecule has 1 aromatic carbocycles. The number of hydrogen-bond donors (Lipinski definition) is 1. The largest absolute Gasteiger partial charge is 0.493 e. The summed E-state index contributed by atoms with van der Waals surface area (Å²) in [5.74, 6) is 2.47. The molecule has 2 aromatic heterocycles. The lowest BCUT2D eigenvalue weighted by Gasteiger charge is -2.41. The van der Waals surface area contributed by atoms with Crippen LogP contribution in [0.1, 0.15) is 32.1 Å². The maximum atomic E-state index is 12.7. The molecular weight excluding hydrogens is 506 g/mol. The lowest BCUT2D eigenvalue weighted by Crippen LogP contribution is -2.56. The van der Waals surface area contributed by atoms with Gasteiger partial charge in [0.25, 0.3) is 0 Å². The molecule has 2 fully saturated rings. The number of fused-ring (bicyclic) bond motifs is 1. The van der Waals surface area contributed by atoms with Gasteiger partial charge in [-0.25, -0.2) is 13.4 Å². The minimum atomic E-state index is -3.01. The van der Waals surface area contributed by atoms with Crippen molar-refractivity contribution in [2.24, 2.45) is 5.92 Å². The van der Waals surface area contributed by atoms with Gasteiger partial charge in [-0.3, -0.25) is 4.79 Å². The monoisotopic (exact) mass is 541 g/mol. The Morgan fingerprint density at radius 1 is 1.13 bits per heavy atom. The van der Waals surface area contributed by atoms with Crippen molar-refractivity contribution in [1.29, 1.82) is 0 Å². The number of hydrogen-bond acceptors (Lipinski definition) is 8. The van der Waals surface area contributed by atoms with E-state index in [0.29, 0.717) is 37.8 Å². The second-order valence-electron chi connectivity index (χ2n) is 10.2. The Hall–Kier alpha value is -3.18. The zero-order valence-electron chi connectivity index (χ0n) is 21.9. The first-order valence-electron chi connectivity index (χ1n) is 13.1. The van der Waals surface area contributed by atoms with Crippen molar-refractivity contribution in [3.05, 3.63) is 42.7 Å². The van der Waals surface area contributed by atoms with Gasteiger partial charge in [0.2, 0.25) is 11.9 Å². The van der Waals surface area contributed by atoms with Gasteiger partial charge >= 0.3 is 0 Å². The maximum Gasteiger partial charge on any atom is 0.225 e. The van der Waals surface area contributed by atoms with E-state index >= 15 is 0 Å². The fraction of sp³-hybridized carbons (Fsp3) is 0.519. The van der Waals surface area contributed by atoms with Gasteiger partial charge in [0.05, 0.1) is 24.0 Å². The van der Waals surface area contributed by atoms with Gasteiger partial charge in [-0.05, 0) is 56.4 Å². The molecule has 38 heavy (non-hydrogen) atoms. The highest BCUT2D eigenvalue weighted by atomic mass is 32.2. The van der Waals surface area contributed by atoms with E-state index in [2.05, 4.69) is 10.3 Å². The fourth-order valence-electron chi connectivity index (χ4n) is 5.21. The van der Waals surface area contributed by atoms with Crippen molar-refractivity contribution in [3.8, 4) is 11.6 Å². The molecule has 1 aliphatic heterocycles. The van der Waals surface area contributed by atoms with Crippen LogP contribution in [0.15, 0.2) is 42.7 Å². The summed E-state index contributed by atoms with van der Waals surface area (Å²) >= 11 is 0. The summed E-state index contributed by atoms with van der Waals surface area (Å²) in [6, 6.07) is 9.87. The summed E-state index contributed by atoms with van der Waals surface area (Å²) in [4.78, 5) is 23.8. The van der Waals surface area contributed by atoms with E-state index in [0.717, 1.165) is 42.4 Å². The van der Waals surface area contributed by atoms with Crippen LogP contribution in [-0.4, -0.2) is 84.7 Å². The number of methoxy groups -OCH3 is 1. The van der Waals surface area contributed by atoms with Gasteiger partial charge in [0.1, 0.15) is 21.4 Å². The molecule has 11 heteroatoms. The Morgan fingerprint density at radius 3 is 2.66 bits per heavy atom. The second kappa shape index (κ2) is 11.3. The molecule has 5 rings (SSSR count). The molecule has 10 nitrogen and oxygen atoms in total. The number of ether oxygens (including phenoxy) is 2. The van der Waals surface area contributed by atoms with Crippen LogP contribution in [0.3, 0.4) is 0 Å². The highest BCUT2D eigenvalue weighted by Gasteiger charge is 2.36. The van der Waals surface area contributed by atoms with E-state index in [-0.39, 0.29) is 29.7 Å². The summed E-state index contributed by atoms with van der Waals surface area (Å²) < 4.78 is 35.9. The van der Waals surface area contributed by atoms with E-state index < -0.39 is 9.84 Å². The van der Waals surface area contributed by atoms with Gasteiger partial charge in [-0.1, -0.05) is 6.07 Å². The quantitative estimate of drug-likeness (QED) is 0.390. The Bertz CT molecular complexity index is 1380. The molecule has 0 unspecified atom stereocenters. The molecule has 0 spiro atoms. The number of rotatable bonds is 10. The highest BCUT2D eigenvalue weighted by Crippen LogP contribution is 2.31. The normalized spacial score (nSPS) is 20.3. The molecule has 1 saturated carbocycles. The molecule has 0 atom stereocenters. The SMILES string of the molecule is COC1CN(C(=O)[C@H]2CC[C@H](Nc3nccc(-n4ccc5c(OCCCS(C)(=O)=O)cccc54)n3)CC2)C1. The van der Waals surface area contributed by atoms with Crippen LogP contribution >= 0.6 is 0 Å². The number of carbonyl (C=O) groups is 1. The van der Waals surface area contributed by atoms with E-state index in [1.165, 1.54) is 6.26 Å². The molecule has 1 saturated heterocycles. The predicted octanol–water partition coefficient (Wildman–Crippen LogP) is 3.06. The first-order valence-corrected chi connectivity index (χ1v) is 15.2. The second-order valence-corrected chi connectivity index (χ2v) is 12.5. The number of sulfone groups is 1.